The summed E-state index contributed by atoms with van der Waals surface area (Å²) in [7, 11) is -3.43. The van der Waals surface area contributed by atoms with Gasteiger partial charge >= 0.3 is 0 Å². The Balaban J connectivity index is 1.53. The van der Waals surface area contributed by atoms with Gasteiger partial charge in [0.1, 0.15) is 5.82 Å². The van der Waals surface area contributed by atoms with Crippen LogP contribution >= 0.6 is 0 Å². The zero-order valence-corrected chi connectivity index (χ0v) is 15.6. The van der Waals surface area contributed by atoms with Gasteiger partial charge in [0.25, 0.3) is 0 Å². The van der Waals surface area contributed by atoms with Gasteiger partial charge < -0.3 is 4.57 Å². The largest absolute Gasteiger partial charge is 0.335 e. The van der Waals surface area contributed by atoms with Crippen LogP contribution in [0.15, 0.2) is 41.6 Å². The maximum absolute atomic E-state index is 12.4. The van der Waals surface area contributed by atoms with E-state index in [9.17, 15) is 8.42 Å². The molecular weight excluding hydrogens is 334 g/mol. The van der Waals surface area contributed by atoms with Crippen LogP contribution in [-0.2, 0) is 16.6 Å². The van der Waals surface area contributed by atoms with Crippen LogP contribution in [0.5, 0.6) is 0 Å². The summed E-state index contributed by atoms with van der Waals surface area (Å²) in [6.07, 6.45) is 10.7. The number of nitrogens with one attached hydrogen (secondary N) is 1. The highest BCUT2D eigenvalue weighted by Gasteiger charge is 2.17. The lowest BCUT2D eigenvalue weighted by molar-refractivity contribution is 0.443. The third kappa shape index (κ3) is 4.70. The maximum Gasteiger partial charge on any atom is 0.240 e. The molecule has 136 valence electrons. The second-order valence-corrected chi connectivity index (χ2v) is 8.59. The number of aromatic nitrogens is 2. The molecule has 0 unspecified atom stereocenters. The molecule has 0 spiro atoms. The molecule has 1 aliphatic carbocycles. The van der Waals surface area contributed by atoms with Gasteiger partial charge in [0.15, 0.2) is 0 Å². The average Bonchev–Trinajstić information content (AvgIpc) is 3.05. The Morgan fingerprint density at radius 3 is 2.52 bits per heavy atom. The van der Waals surface area contributed by atoms with Gasteiger partial charge in [-0.15, -0.1) is 0 Å². The minimum absolute atomic E-state index is 0.353. The summed E-state index contributed by atoms with van der Waals surface area (Å²) in [5.74, 6) is 1.54. The molecule has 0 atom stereocenters. The first-order chi connectivity index (χ1) is 12.1. The van der Waals surface area contributed by atoms with Crippen LogP contribution in [-0.4, -0.2) is 24.5 Å². The summed E-state index contributed by atoms with van der Waals surface area (Å²) in [5, 5.41) is 0. The summed E-state index contributed by atoms with van der Waals surface area (Å²) in [6, 6.07) is 7.46. The Morgan fingerprint density at radius 1 is 1.16 bits per heavy atom. The van der Waals surface area contributed by atoms with Crippen molar-refractivity contribution in [1.82, 2.24) is 14.3 Å². The molecule has 1 aromatic carbocycles. The number of imidazole rings is 1. The highest BCUT2D eigenvalue weighted by Crippen LogP contribution is 2.32. The van der Waals surface area contributed by atoms with Gasteiger partial charge in [-0.2, -0.15) is 0 Å². The number of aryl methyl sites for hydroxylation is 2. The Kier molecular flexibility index (Phi) is 5.91. The molecule has 1 saturated carbocycles. The lowest BCUT2D eigenvalue weighted by Gasteiger charge is -2.22. The molecule has 1 fully saturated rings. The fraction of sp³-hybridized carbons (Fsp3) is 0.526. The average molecular weight is 362 g/mol. The molecule has 25 heavy (non-hydrogen) atoms. The number of hydrogen-bond donors (Lipinski definition) is 1. The summed E-state index contributed by atoms with van der Waals surface area (Å²) in [4.78, 5) is 4.52. The van der Waals surface area contributed by atoms with Crippen molar-refractivity contribution in [1.29, 1.82) is 0 Å². The highest BCUT2D eigenvalue weighted by molar-refractivity contribution is 7.89. The van der Waals surface area contributed by atoms with Crippen molar-refractivity contribution in [3.05, 3.63) is 48.0 Å². The predicted molar refractivity (Wildman–Crippen MR) is 99.0 cm³/mol. The molecule has 2 aromatic rings. The second kappa shape index (κ2) is 8.15. The summed E-state index contributed by atoms with van der Waals surface area (Å²) in [5.41, 5.74) is 1.27. The molecule has 1 aliphatic rings. The minimum atomic E-state index is -3.43. The van der Waals surface area contributed by atoms with E-state index in [0.717, 1.165) is 18.8 Å². The third-order valence-electron chi connectivity index (χ3n) is 5.06. The maximum atomic E-state index is 12.4. The predicted octanol–water partition coefficient (Wildman–Crippen LogP) is 3.61. The molecule has 1 heterocycles. The number of benzene rings is 1. The van der Waals surface area contributed by atoms with Crippen LogP contribution < -0.4 is 4.72 Å². The molecule has 0 bridgehead atoms. The van der Waals surface area contributed by atoms with Crippen molar-refractivity contribution in [3.8, 4) is 0 Å². The van der Waals surface area contributed by atoms with E-state index >= 15 is 0 Å². The quantitative estimate of drug-likeness (QED) is 0.766. The Morgan fingerprint density at radius 2 is 1.88 bits per heavy atom. The van der Waals surface area contributed by atoms with E-state index < -0.39 is 10.0 Å². The normalized spacial score (nSPS) is 16.2. The van der Waals surface area contributed by atoms with Crippen LogP contribution in [0.4, 0.5) is 0 Å². The first-order valence-electron chi connectivity index (χ1n) is 9.13. The summed E-state index contributed by atoms with van der Waals surface area (Å²) in [6.45, 7) is 3.12. The first kappa shape index (κ1) is 18.1. The molecule has 6 heteroatoms. The Labute approximate surface area is 150 Å². The first-order valence-corrected chi connectivity index (χ1v) is 10.6. The fourth-order valence-electron chi connectivity index (χ4n) is 3.53. The molecule has 0 radical (unpaired) electrons. The van der Waals surface area contributed by atoms with Crippen LogP contribution in [0.25, 0.3) is 0 Å². The van der Waals surface area contributed by atoms with Gasteiger partial charge in [-0.05, 0) is 49.8 Å². The second-order valence-electron chi connectivity index (χ2n) is 6.82. The number of rotatable bonds is 7. The van der Waals surface area contributed by atoms with Crippen LogP contribution in [0.2, 0.25) is 0 Å². The van der Waals surface area contributed by atoms with E-state index in [-0.39, 0.29) is 0 Å². The number of nitrogens with zero attached hydrogens (tertiary/aromatic N) is 2. The Bertz CT molecular complexity index is 775. The van der Waals surface area contributed by atoms with Gasteiger partial charge in [0, 0.05) is 25.5 Å². The standard InChI is InChI=1S/C19H27N3O2S/c1-16-20-13-15-22(16)14-5-12-21-25(23,24)19-10-8-18(9-11-19)17-6-3-2-4-7-17/h8-11,13,15,17,21H,2-7,12,14H2,1H3. The van der Waals surface area contributed by atoms with E-state index in [1.165, 1.54) is 37.7 Å². The molecule has 3 rings (SSSR count). The summed E-state index contributed by atoms with van der Waals surface area (Å²) >= 11 is 0. The van der Waals surface area contributed by atoms with E-state index in [2.05, 4.69) is 9.71 Å². The number of sulfonamides is 1. The van der Waals surface area contributed by atoms with Gasteiger partial charge in [-0.1, -0.05) is 31.4 Å². The topological polar surface area (TPSA) is 64.0 Å². The molecular formula is C19H27N3O2S. The van der Waals surface area contributed by atoms with Crippen LogP contribution in [0.1, 0.15) is 55.8 Å². The van der Waals surface area contributed by atoms with E-state index in [1.807, 2.05) is 29.8 Å². The van der Waals surface area contributed by atoms with Gasteiger partial charge in [0.2, 0.25) is 10.0 Å². The minimum Gasteiger partial charge on any atom is -0.335 e. The van der Waals surface area contributed by atoms with E-state index in [0.29, 0.717) is 17.4 Å². The zero-order valence-electron chi connectivity index (χ0n) is 14.8. The Hall–Kier alpha value is -1.66. The fourth-order valence-corrected chi connectivity index (χ4v) is 4.61. The highest BCUT2D eigenvalue weighted by atomic mass is 32.2. The molecule has 5 nitrogen and oxygen atoms in total. The molecule has 0 amide bonds. The van der Waals surface area contributed by atoms with Crippen LogP contribution in [0.3, 0.4) is 0 Å². The van der Waals surface area contributed by atoms with Crippen LogP contribution in [0, 0.1) is 6.92 Å². The molecule has 1 aromatic heterocycles. The molecule has 0 aliphatic heterocycles. The zero-order chi connectivity index (χ0) is 17.7. The van der Waals surface area contributed by atoms with Crippen molar-refractivity contribution < 1.29 is 8.42 Å². The summed E-state index contributed by atoms with van der Waals surface area (Å²) < 4.78 is 29.6. The van der Waals surface area contributed by atoms with Crippen molar-refractivity contribution in [3.63, 3.8) is 0 Å². The van der Waals surface area contributed by atoms with Crippen molar-refractivity contribution in [2.75, 3.05) is 6.54 Å². The number of hydrogen-bond acceptors (Lipinski definition) is 3. The van der Waals surface area contributed by atoms with E-state index in [1.54, 1.807) is 18.3 Å². The smallest absolute Gasteiger partial charge is 0.240 e. The monoisotopic (exact) mass is 361 g/mol. The molecule has 0 saturated heterocycles. The van der Waals surface area contributed by atoms with Crippen molar-refractivity contribution in [2.24, 2.45) is 0 Å². The van der Waals surface area contributed by atoms with Gasteiger partial charge in [-0.25, -0.2) is 18.1 Å². The molecule has 1 N–H and O–H groups in total. The van der Waals surface area contributed by atoms with Crippen molar-refractivity contribution >= 4 is 10.0 Å². The lowest BCUT2D eigenvalue weighted by atomic mass is 9.84. The van der Waals surface area contributed by atoms with Crippen molar-refractivity contribution in [2.45, 2.75) is 62.8 Å². The lowest BCUT2D eigenvalue weighted by Crippen LogP contribution is -2.25. The third-order valence-corrected chi connectivity index (χ3v) is 6.54. The SMILES string of the molecule is Cc1nccn1CCCNS(=O)(=O)c1ccc(C2CCCCC2)cc1. The van der Waals surface area contributed by atoms with Gasteiger partial charge in [-0.3, -0.25) is 0 Å². The van der Waals surface area contributed by atoms with E-state index in [4.69, 9.17) is 0 Å². The van der Waals surface area contributed by atoms with Gasteiger partial charge in [0.05, 0.1) is 4.90 Å².